The number of rotatable bonds is 4. The number of hydrogen-bond acceptors (Lipinski definition) is 3. The van der Waals surface area contributed by atoms with Crippen molar-refractivity contribution in [3.05, 3.63) is 34.5 Å². The lowest BCUT2D eigenvalue weighted by Crippen LogP contribution is -2.24. The van der Waals surface area contributed by atoms with E-state index in [1.165, 1.54) is 20.1 Å². The second-order valence-electron chi connectivity index (χ2n) is 4.45. The van der Waals surface area contributed by atoms with E-state index in [0.29, 0.717) is 0 Å². The van der Waals surface area contributed by atoms with E-state index in [-0.39, 0.29) is 16.9 Å². The van der Waals surface area contributed by atoms with Crippen LogP contribution in [-0.4, -0.2) is 24.1 Å². The predicted molar refractivity (Wildman–Crippen MR) is 72.2 cm³/mol. The molecule has 0 saturated heterocycles. The molecule has 0 bridgehead atoms. The highest BCUT2D eigenvalue weighted by atomic mass is 19.4. The number of carbonyl (C=O) groups excluding carboxylic acids is 1. The summed E-state index contributed by atoms with van der Waals surface area (Å²) in [4.78, 5) is 22.0. The molecule has 5 nitrogen and oxygen atoms in total. The van der Waals surface area contributed by atoms with Crippen molar-refractivity contribution in [2.24, 2.45) is 0 Å². The van der Waals surface area contributed by atoms with E-state index in [1.54, 1.807) is 0 Å². The number of ether oxygens (including phenoxy) is 1. The third-order valence-electron chi connectivity index (χ3n) is 2.73. The minimum atomic E-state index is -4.70. The van der Waals surface area contributed by atoms with Gasteiger partial charge in [-0.2, -0.15) is 13.2 Å². The van der Waals surface area contributed by atoms with E-state index in [0.717, 1.165) is 19.1 Å². The lowest BCUT2D eigenvalue weighted by molar-refractivity contribution is -0.138. The zero-order valence-corrected chi connectivity index (χ0v) is 12.0. The number of aryl methyl sites for hydroxylation is 1. The Balaban J connectivity index is 3.57. The quantitative estimate of drug-likeness (QED) is 0.837. The number of carbonyl (C=O) groups is 2. The fourth-order valence-corrected chi connectivity index (χ4v) is 1.79. The predicted octanol–water partition coefficient (Wildman–Crippen LogP) is 2.58. The molecule has 0 saturated carbocycles. The molecule has 0 aromatic heterocycles. The van der Waals surface area contributed by atoms with Crippen LogP contribution in [0.15, 0.2) is 17.8 Å². The molecule has 0 aliphatic carbocycles. The van der Waals surface area contributed by atoms with Crippen LogP contribution in [-0.2, 0) is 15.8 Å². The number of carboxylic acids is 1. The van der Waals surface area contributed by atoms with Crippen LogP contribution in [0.25, 0.3) is 6.08 Å². The third kappa shape index (κ3) is 4.24. The van der Waals surface area contributed by atoms with Gasteiger partial charge in [-0.25, -0.2) is 4.79 Å². The summed E-state index contributed by atoms with van der Waals surface area (Å²) in [7, 11) is 1.23. The highest BCUT2D eigenvalue weighted by molar-refractivity contribution is 5.96. The van der Waals surface area contributed by atoms with Crippen LogP contribution in [0.4, 0.5) is 13.2 Å². The fraction of sp³-hybridized carbons (Fsp3) is 0.286. The van der Waals surface area contributed by atoms with Gasteiger partial charge in [-0.15, -0.1) is 0 Å². The minimum absolute atomic E-state index is 0.00150. The number of benzene rings is 1. The Hall–Kier alpha value is -2.51. The largest absolute Gasteiger partial charge is 0.497 e. The molecular formula is C14H14F3NO4. The Morgan fingerprint density at radius 1 is 1.32 bits per heavy atom. The number of aliphatic carboxylic acids is 1. The lowest BCUT2D eigenvalue weighted by Gasteiger charge is -2.15. The molecule has 0 radical (unpaired) electrons. The van der Waals surface area contributed by atoms with Crippen LogP contribution in [0.3, 0.4) is 0 Å². The fourth-order valence-electron chi connectivity index (χ4n) is 1.79. The number of nitrogens with one attached hydrogen (secondary N) is 1. The number of carboxylic acid groups (broad SMARTS) is 1. The number of amides is 1. The van der Waals surface area contributed by atoms with E-state index in [1.807, 2.05) is 5.32 Å². The van der Waals surface area contributed by atoms with Crippen LogP contribution in [0.2, 0.25) is 0 Å². The lowest BCUT2D eigenvalue weighted by atomic mass is 9.99. The molecule has 1 aromatic carbocycles. The topological polar surface area (TPSA) is 75.6 Å². The smallest absolute Gasteiger partial charge is 0.417 e. The van der Waals surface area contributed by atoms with Crippen molar-refractivity contribution in [2.75, 3.05) is 7.11 Å². The van der Waals surface area contributed by atoms with Gasteiger partial charge in [-0.05, 0) is 36.3 Å². The summed E-state index contributed by atoms with van der Waals surface area (Å²) in [5, 5.41) is 11.0. The van der Waals surface area contributed by atoms with Crippen molar-refractivity contribution in [3.8, 4) is 5.75 Å². The second kappa shape index (κ2) is 6.50. The summed E-state index contributed by atoms with van der Waals surface area (Å²) in [6, 6.07) is 2.11. The minimum Gasteiger partial charge on any atom is -0.497 e. The molecule has 1 amide bonds. The summed E-state index contributed by atoms with van der Waals surface area (Å²) >= 11 is 0. The normalized spacial score (nSPS) is 12.0. The second-order valence-corrected chi connectivity index (χ2v) is 4.45. The molecule has 120 valence electrons. The van der Waals surface area contributed by atoms with Gasteiger partial charge in [0.1, 0.15) is 11.4 Å². The molecule has 1 rings (SSSR count). The van der Waals surface area contributed by atoms with Gasteiger partial charge in [0, 0.05) is 6.92 Å². The van der Waals surface area contributed by atoms with Crippen molar-refractivity contribution in [2.45, 2.75) is 20.0 Å². The van der Waals surface area contributed by atoms with E-state index in [2.05, 4.69) is 0 Å². The number of halogens is 3. The van der Waals surface area contributed by atoms with Crippen LogP contribution < -0.4 is 10.1 Å². The Labute approximate surface area is 124 Å². The molecule has 0 fully saturated rings. The molecule has 1 aromatic rings. The van der Waals surface area contributed by atoms with Gasteiger partial charge in [-0.1, -0.05) is 0 Å². The first-order valence-electron chi connectivity index (χ1n) is 6.04. The Bertz CT molecular complexity index is 636. The standard InChI is InChI=1S/C14H14F3NO4/c1-7-4-9(22-3)5-11(14(15,16)17)10(7)6-12(13(20)21)18-8(2)19/h4-6H,1-3H3,(H,18,19)(H,20,21)/b12-6-. The molecule has 0 heterocycles. The number of methoxy groups -OCH3 is 1. The van der Waals surface area contributed by atoms with Gasteiger partial charge in [0.15, 0.2) is 0 Å². The summed E-state index contributed by atoms with van der Waals surface area (Å²) in [5.74, 6) is -2.25. The number of hydrogen-bond donors (Lipinski definition) is 2. The zero-order chi connectivity index (χ0) is 17.1. The summed E-state index contributed by atoms with van der Waals surface area (Å²) in [6.07, 6.45) is -3.92. The third-order valence-corrected chi connectivity index (χ3v) is 2.73. The van der Waals surface area contributed by atoms with Gasteiger partial charge in [0.05, 0.1) is 12.7 Å². The Morgan fingerprint density at radius 2 is 1.91 bits per heavy atom. The molecule has 0 aliphatic heterocycles. The van der Waals surface area contributed by atoms with Gasteiger partial charge < -0.3 is 15.2 Å². The first-order chi connectivity index (χ1) is 10.1. The van der Waals surface area contributed by atoms with E-state index in [9.17, 15) is 22.8 Å². The average Bonchev–Trinajstić information content (AvgIpc) is 2.37. The Morgan fingerprint density at radius 3 is 2.32 bits per heavy atom. The molecule has 0 aliphatic rings. The van der Waals surface area contributed by atoms with Crippen LogP contribution in [0, 0.1) is 6.92 Å². The molecule has 0 unspecified atom stereocenters. The molecule has 0 atom stereocenters. The van der Waals surface area contributed by atoms with E-state index >= 15 is 0 Å². The van der Waals surface area contributed by atoms with Crippen molar-refractivity contribution >= 4 is 18.0 Å². The highest BCUT2D eigenvalue weighted by Gasteiger charge is 2.34. The van der Waals surface area contributed by atoms with Crippen LogP contribution in [0.5, 0.6) is 5.75 Å². The van der Waals surface area contributed by atoms with Gasteiger partial charge in [0.2, 0.25) is 5.91 Å². The molecular weight excluding hydrogens is 303 g/mol. The van der Waals surface area contributed by atoms with Crippen LogP contribution in [0.1, 0.15) is 23.6 Å². The zero-order valence-electron chi connectivity index (χ0n) is 12.0. The van der Waals surface area contributed by atoms with Gasteiger partial charge in [0.25, 0.3) is 0 Å². The SMILES string of the molecule is COc1cc(C)c(/C=C(\NC(C)=O)C(=O)O)c(C(F)(F)F)c1. The molecule has 2 N–H and O–H groups in total. The molecule has 0 spiro atoms. The van der Waals surface area contributed by atoms with E-state index in [4.69, 9.17) is 9.84 Å². The van der Waals surface area contributed by atoms with Crippen LogP contribution >= 0.6 is 0 Å². The van der Waals surface area contributed by atoms with Gasteiger partial charge in [-0.3, -0.25) is 4.79 Å². The Kier molecular flexibility index (Phi) is 5.19. The van der Waals surface area contributed by atoms with Crippen molar-refractivity contribution < 1.29 is 32.6 Å². The summed E-state index contributed by atoms with van der Waals surface area (Å²) < 4.78 is 44.2. The highest BCUT2D eigenvalue weighted by Crippen LogP contribution is 2.37. The first kappa shape index (κ1) is 17.5. The maximum atomic E-state index is 13.1. The maximum Gasteiger partial charge on any atom is 0.417 e. The maximum absolute atomic E-state index is 13.1. The average molecular weight is 317 g/mol. The first-order valence-corrected chi connectivity index (χ1v) is 6.04. The number of alkyl halides is 3. The molecule has 22 heavy (non-hydrogen) atoms. The summed E-state index contributed by atoms with van der Waals surface area (Å²) in [5.41, 5.74) is -1.88. The molecule has 8 heteroatoms. The van der Waals surface area contributed by atoms with Crippen molar-refractivity contribution in [1.82, 2.24) is 5.32 Å². The van der Waals surface area contributed by atoms with Crippen molar-refractivity contribution in [1.29, 1.82) is 0 Å². The van der Waals surface area contributed by atoms with E-state index < -0.39 is 29.3 Å². The van der Waals surface area contributed by atoms with Gasteiger partial charge >= 0.3 is 12.1 Å². The summed E-state index contributed by atoms with van der Waals surface area (Å²) in [6.45, 7) is 2.44. The monoisotopic (exact) mass is 317 g/mol. The van der Waals surface area contributed by atoms with Crippen molar-refractivity contribution in [3.63, 3.8) is 0 Å².